The molecule has 0 aliphatic carbocycles. The van der Waals surface area contributed by atoms with Gasteiger partial charge in [-0.1, -0.05) is 30.3 Å². The molecule has 4 nitrogen and oxygen atoms in total. The summed E-state index contributed by atoms with van der Waals surface area (Å²) in [5.74, 6) is -0.198. The fourth-order valence-corrected chi connectivity index (χ4v) is 2.30. The molecule has 0 unspecified atom stereocenters. The van der Waals surface area contributed by atoms with Gasteiger partial charge in [0, 0.05) is 0 Å². The smallest absolute Gasteiger partial charge is 0.343 e. The van der Waals surface area contributed by atoms with Crippen LogP contribution in [-0.2, 0) is 11.2 Å². The molecule has 0 aliphatic heterocycles. The van der Waals surface area contributed by atoms with Gasteiger partial charge in [0.15, 0.2) is 0 Å². The molecule has 0 fully saturated rings. The SMILES string of the molecule is CC(C)(O)c1cccc(OC(=O)c2ccccc2C(C)(C)O)c1. The van der Waals surface area contributed by atoms with Crippen molar-refractivity contribution in [2.24, 2.45) is 0 Å². The van der Waals surface area contributed by atoms with E-state index < -0.39 is 17.2 Å². The summed E-state index contributed by atoms with van der Waals surface area (Å²) >= 11 is 0. The van der Waals surface area contributed by atoms with E-state index in [0.29, 0.717) is 22.4 Å². The second kappa shape index (κ2) is 6.14. The van der Waals surface area contributed by atoms with Crippen molar-refractivity contribution in [2.75, 3.05) is 0 Å². The van der Waals surface area contributed by atoms with Crippen molar-refractivity contribution in [3.05, 3.63) is 65.2 Å². The summed E-state index contributed by atoms with van der Waals surface area (Å²) in [6.45, 7) is 6.57. The van der Waals surface area contributed by atoms with Crippen LogP contribution < -0.4 is 4.74 Å². The zero-order valence-corrected chi connectivity index (χ0v) is 13.8. The molecule has 0 aromatic heterocycles. The Balaban J connectivity index is 2.31. The first-order valence-corrected chi connectivity index (χ1v) is 7.46. The molecule has 0 saturated carbocycles. The average Bonchev–Trinajstić information content (AvgIpc) is 2.46. The molecule has 2 aromatic rings. The summed E-state index contributed by atoms with van der Waals surface area (Å²) in [6.07, 6.45) is 0. The van der Waals surface area contributed by atoms with E-state index in [2.05, 4.69) is 0 Å². The third-order valence-corrected chi connectivity index (χ3v) is 3.56. The van der Waals surface area contributed by atoms with Gasteiger partial charge in [-0.05, 0) is 57.0 Å². The van der Waals surface area contributed by atoms with E-state index in [9.17, 15) is 15.0 Å². The number of hydrogen-bond acceptors (Lipinski definition) is 4. The van der Waals surface area contributed by atoms with Gasteiger partial charge >= 0.3 is 5.97 Å². The van der Waals surface area contributed by atoms with E-state index in [-0.39, 0.29) is 0 Å². The third kappa shape index (κ3) is 4.18. The maximum absolute atomic E-state index is 12.4. The minimum atomic E-state index is -1.15. The fourth-order valence-electron chi connectivity index (χ4n) is 2.30. The normalized spacial score (nSPS) is 12.1. The predicted octanol–water partition coefficient (Wildman–Crippen LogP) is 3.36. The van der Waals surface area contributed by atoms with Crippen molar-refractivity contribution in [1.82, 2.24) is 0 Å². The Labute approximate surface area is 136 Å². The second-order valence-electron chi connectivity index (χ2n) is 6.58. The molecule has 0 bridgehead atoms. The van der Waals surface area contributed by atoms with Crippen molar-refractivity contribution >= 4 is 5.97 Å². The molecule has 0 amide bonds. The Morgan fingerprint density at radius 3 is 2.17 bits per heavy atom. The van der Waals surface area contributed by atoms with Crippen LogP contribution in [0.5, 0.6) is 5.75 Å². The molecule has 2 aromatic carbocycles. The summed E-state index contributed by atoms with van der Waals surface area (Å²) in [4.78, 5) is 12.4. The molecule has 0 heterocycles. The van der Waals surface area contributed by atoms with Gasteiger partial charge in [0.05, 0.1) is 16.8 Å². The van der Waals surface area contributed by atoms with Gasteiger partial charge in [0.2, 0.25) is 0 Å². The summed E-state index contributed by atoms with van der Waals surface area (Å²) in [5.41, 5.74) is -0.700. The van der Waals surface area contributed by atoms with Crippen LogP contribution in [0.25, 0.3) is 0 Å². The molecule has 2 rings (SSSR count). The predicted molar refractivity (Wildman–Crippen MR) is 88.3 cm³/mol. The van der Waals surface area contributed by atoms with Crippen LogP contribution in [0.1, 0.15) is 49.2 Å². The summed E-state index contributed by atoms with van der Waals surface area (Å²) in [5, 5.41) is 20.2. The minimum Gasteiger partial charge on any atom is -0.423 e. The van der Waals surface area contributed by atoms with Crippen LogP contribution >= 0.6 is 0 Å². The lowest BCUT2D eigenvalue weighted by Crippen LogP contribution is -2.22. The number of aliphatic hydroxyl groups is 2. The van der Waals surface area contributed by atoms with E-state index in [1.165, 1.54) is 0 Å². The van der Waals surface area contributed by atoms with Crippen molar-refractivity contribution in [3.8, 4) is 5.75 Å². The Bertz CT molecular complexity index is 706. The average molecular weight is 314 g/mol. The number of carbonyl (C=O) groups is 1. The van der Waals surface area contributed by atoms with Crippen molar-refractivity contribution in [2.45, 2.75) is 38.9 Å². The highest BCUT2D eigenvalue weighted by Gasteiger charge is 2.24. The van der Waals surface area contributed by atoms with E-state index in [1.807, 2.05) is 0 Å². The highest BCUT2D eigenvalue weighted by atomic mass is 16.5. The monoisotopic (exact) mass is 314 g/mol. The molecule has 2 N–H and O–H groups in total. The van der Waals surface area contributed by atoms with Gasteiger partial charge in [-0.2, -0.15) is 0 Å². The van der Waals surface area contributed by atoms with Gasteiger partial charge in [0.25, 0.3) is 0 Å². The van der Waals surface area contributed by atoms with E-state index >= 15 is 0 Å². The first-order chi connectivity index (χ1) is 10.6. The number of benzene rings is 2. The molecule has 0 spiro atoms. The number of rotatable bonds is 4. The molecule has 122 valence electrons. The Morgan fingerprint density at radius 1 is 0.913 bits per heavy atom. The topological polar surface area (TPSA) is 66.8 Å². The van der Waals surface area contributed by atoms with Crippen LogP contribution in [0.2, 0.25) is 0 Å². The summed E-state index contributed by atoms with van der Waals surface area (Å²) < 4.78 is 5.41. The number of carbonyl (C=O) groups excluding carboxylic acids is 1. The third-order valence-electron chi connectivity index (χ3n) is 3.56. The van der Waals surface area contributed by atoms with Crippen molar-refractivity contribution in [3.63, 3.8) is 0 Å². The highest BCUT2D eigenvalue weighted by molar-refractivity contribution is 5.93. The maximum Gasteiger partial charge on any atom is 0.343 e. The first kappa shape index (κ1) is 17.2. The quantitative estimate of drug-likeness (QED) is 0.671. The molecule has 0 aliphatic rings. The molecule has 0 saturated heterocycles. The zero-order valence-electron chi connectivity index (χ0n) is 13.8. The summed E-state index contributed by atoms with van der Waals surface area (Å²) in [6, 6.07) is 13.6. The lowest BCUT2D eigenvalue weighted by atomic mass is 9.93. The van der Waals surface area contributed by atoms with Crippen LogP contribution in [0.4, 0.5) is 0 Å². The Hall–Kier alpha value is -2.17. The van der Waals surface area contributed by atoms with E-state index in [0.717, 1.165) is 0 Å². The van der Waals surface area contributed by atoms with Crippen LogP contribution in [0.15, 0.2) is 48.5 Å². The molecular formula is C19H22O4. The lowest BCUT2D eigenvalue weighted by Gasteiger charge is -2.21. The Kier molecular flexibility index (Phi) is 4.59. The maximum atomic E-state index is 12.4. The molecular weight excluding hydrogens is 292 g/mol. The number of hydrogen-bond donors (Lipinski definition) is 2. The molecule has 0 radical (unpaired) electrons. The number of esters is 1. The van der Waals surface area contributed by atoms with Gasteiger partial charge in [-0.25, -0.2) is 4.79 Å². The molecule has 4 heteroatoms. The first-order valence-electron chi connectivity index (χ1n) is 7.46. The zero-order chi connectivity index (χ0) is 17.3. The van der Waals surface area contributed by atoms with Crippen LogP contribution in [-0.4, -0.2) is 16.2 Å². The van der Waals surface area contributed by atoms with Gasteiger partial charge in [0.1, 0.15) is 5.75 Å². The number of ether oxygens (including phenoxy) is 1. The van der Waals surface area contributed by atoms with Crippen molar-refractivity contribution < 1.29 is 19.7 Å². The Morgan fingerprint density at radius 2 is 1.57 bits per heavy atom. The van der Waals surface area contributed by atoms with Gasteiger partial charge in [-0.3, -0.25) is 0 Å². The van der Waals surface area contributed by atoms with E-state index in [4.69, 9.17) is 4.74 Å². The second-order valence-corrected chi connectivity index (χ2v) is 6.58. The fraction of sp³-hybridized carbons (Fsp3) is 0.316. The van der Waals surface area contributed by atoms with Crippen LogP contribution in [0.3, 0.4) is 0 Å². The summed E-state index contributed by atoms with van der Waals surface area (Å²) in [7, 11) is 0. The molecule has 0 atom stereocenters. The van der Waals surface area contributed by atoms with Gasteiger partial charge in [-0.15, -0.1) is 0 Å². The lowest BCUT2D eigenvalue weighted by molar-refractivity contribution is 0.0652. The largest absolute Gasteiger partial charge is 0.423 e. The highest BCUT2D eigenvalue weighted by Crippen LogP contribution is 2.27. The van der Waals surface area contributed by atoms with Gasteiger partial charge < -0.3 is 14.9 Å². The minimum absolute atomic E-state index is 0.314. The van der Waals surface area contributed by atoms with Crippen molar-refractivity contribution in [1.29, 1.82) is 0 Å². The molecule has 23 heavy (non-hydrogen) atoms. The van der Waals surface area contributed by atoms with E-state index in [1.54, 1.807) is 76.2 Å². The van der Waals surface area contributed by atoms with Crippen LogP contribution in [0, 0.1) is 0 Å². The standard InChI is InChI=1S/C19H22O4/c1-18(2,21)13-8-7-9-14(12-13)23-17(20)15-10-5-6-11-16(15)19(3,4)22/h5-12,21-22H,1-4H3.